The summed E-state index contributed by atoms with van der Waals surface area (Å²) in [5.41, 5.74) is 8.23. The molecule has 0 radical (unpaired) electrons. The first-order valence-electron chi connectivity index (χ1n) is 18.4. The van der Waals surface area contributed by atoms with Crippen LogP contribution in [0, 0.1) is 0 Å². The second-order valence-corrected chi connectivity index (χ2v) is 14.9. The van der Waals surface area contributed by atoms with Crippen molar-refractivity contribution >= 4 is 45.9 Å². The van der Waals surface area contributed by atoms with Crippen molar-refractivity contribution in [1.82, 2.24) is 29.2 Å². The van der Waals surface area contributed by atoms with E-state index in [0.29, 0.717) is 50.4 Å². The van der Waals surface area contributed by atoms with Gasteiger partial charge in [0.2, 0.25) is 5.91 Å². The van der Waals surface area contributed by atoms with E-state index in [0.717, 1.165) is 67.5 Å². The van der Waals surface area contributed by atoms with Crippen molar-refractivity contribution < 1.29 is 22.8 Å². The highest BCUT2D eigenvalue weighted by Gasteiger charge is 2.36. The first kappa shape index (κ1) is 37.0. The zero-order valence-corrected chi connectivity index (χ0v) is 30.7. The van der Waals surface area contributed by atoms with Crippen LogP contribution in [-0.2, 0) is 30.4 Å². The summed E-state index contributed by atoms with van der Waals surface area (Å²) in [4.78, 5) is 40.8. The molecule has 3 aromatic carbocycles. The lowest BCUT2D eigenvalue weighted by atomic mass is 9.92. The predicted molar refractivity (Wildman–Crippen MR) is 201 cm³/mol. The van der Waals surface area contributed by atoms with E-state index in [1.54, 1.807) is 0 Å². The first-order chi connectivity index (χ1) is 25.4. The number of nitrogens with two attached hydrogens (primary N) is 1. The highest BCUT2D eigenvalue weighted by atomic mass is 35.5. The average molecular weight is 751 g/mol. The molecule has 0 spiro atoms. The Labute approximate surface area is 312 Å². The summed E-state index contributed by atoms with van der Waals surface area (Å²) in [6, 6.07) is 18.0. The number of likely N-dealkylation sites (N-methyl/N-ethyl adjacent to an activating group) is 1. The fraction of sp³-hybridized carbons (Fsp3) is 0.462. The summed E-state index contributed by atoms with van der Waals surface area (Å²) < 4.78 is 44.3. The van der Waals surface area contributed by atoms with Crippen molar-refractivity contribution in [3.63, 3.8) is 0 Å². The second kappa shape index (κ2) is 15.6. The molecule has 3 aliphatic heterocycles. The molecule has 0 saturated carbocycles. The maximum atomic E-state index is 14.2. The number of aromatic nitrogens is 2. The summed E-state index contributed by atoms with van der Waals surface area (Å²) in [5.74, 6) is 0.0121. The third-order valence-corrected chi connectivity index (χ3v) is 11.4. The number of rotatable bonds is 9. The van der Waals surface area contributed by atoms with Crippen LogP contribution in [0.25, 0.3) is 11.0 Å². The topological polar surface area (TPSA) is 103 Å². The van der Waals surface area contributed by atoms with E-state index in [1.807, 2.05) is 58.3 Å². The predicted octanol–water partition coefficient (Wildman–Crippen LogP) is 6.34. The summed E-state index contributed by atoms with van der Waals surface area (Å²) in [5, 5.41) is 2.87. The van der Waals surface area contributed by atoms with Crippen molar-refractivity contribution in [2.45, 2.75) is 56.8 Å². The van der Waals surface area contributed by atoms with Gasteiger partial charge in [0, 0.05) is 83.0 Å². The van der Waals surface area contributed by atoms with Gasteiger partial charge in [-0.2, -0.15) is 13.2 Å². The van der Waals surface area contributed by atoms with Gasteiger partial charge in [-0.25, -0.2) is 9.78 Å². The van der Waals surface area contributed by atoms with Crippen molar-refractivity contribution in [2.24, 2.45) is 0 Å². The lowest BCUT2D eigenvalue weighted by Crippen LogP contribution is -2.50. The van der Waals surface area contributed by atoms with E-state index in [1.165, 1.54) is 6.07 Å². The van der Waals surface area contributed by atoms with Crippen LogP contribution < -0.4 is 11.1 Å². The molecule has 3 N–H and O–H groups in total. The van der Waals surface area contributed by atoms with Crippen LogP contribution in [0.3, 0.4) is 0 Å². The number of piperazine rings is 1. The second-order valence-electron chi connectivity index (χ2n) is 14.5. The molecule has 0 bridgehead atoms. The molecule has 4 heterocycles. The number of urea groups is 1. The molecule has 0 unspecified atom stereocenters. The van der Waals surface area contributed by atoms with Gasteiger partial charge in [-0.05, 0) is 74.2 Å². The molecule has 0 aliphatic carbocycles. The number of anilines is 2. The van der Waals surface area contributed by atoms with Crippen LogP contribution in [0.4, 0.5) is 29.3 Å². The fourth-order valence-corrected chi connectivity index (χ4v) is 8.27. The Hall–Kier alpha value is -4.33. The van der Waals surface area contributed by atoms with Crippen molar-refractivity contribution in [3.8, 4) is 0 Å². The molecule has 3 amide bonds. The number of para-hydroxylation sites is 3. The van der Waals surface area contributed by atoms with E-state index >= 15 is 0 Å². The number of piperidine rings is 1. The van der Waals surface area contributed by atoms with Gasteiger partial charge in [-0.3, -0.25) is 9.69 Å². The Bertz CT molecular complexity index is 1950. The molecule has 282 valence electrons. The summed E-state index contributed by atoms with van der Waals surface area (Å²) in [7, 11) is 2.11. The van der Waals surface area contributed by atoms with Gasteiger partial charge in [0.1, 0.15) is 5.82 Å². The van der Waals surface area contributed by atoms with Gasteiger partial charge >= 0.3 is 12.2 Å². The largest absolute Gasteiger partial charge is 0.418 e. The minimum absolute atomic E-state index is 0.0133. The van der Waals surface area contributed by atoms with E-state index in [9.17, 15) is 22.8 Å². The molecular formula is C39H46ClF3N8O2. The SMILES string of the molecule is CN1CCN(CCn2c([C@H](CC(=O)N3CCC(N4CCc5ccccc5NC4=O)CC3)Cc3cc(Cl)c(N)c(C(F)(F)F)c3)nc3ccccc32)CC1. The number of alkyl halides is 3. The van der Waals surface area contributed by atoms with E-state index in [2.05, 4.69) is 26.7 Å². The number of nitrogens with zero attached hydrogens (tertiary/aromatic N) is 6. The summed E-state index contributed by atoms with van der Waals surface area (Å²) in [6.45, 7) is 6.75. The number of nitrogen functional groups attached to an aromatic ring is 1. The van der Waals surface area contributed by atoms with E-state index in [-0.39, 0.29) is 35.8 Å². The fourth-order valence-electron chi connectivity index (χ4n) is 8.02. The van der Waals surface area contributed by atoms with Gasteiger partial charge < -0.3 is 30.3 Å². The van der Waals surface area contributed by atoms with E-state index < -0.39 is 23.3 Å². The maximum absolute atomic E-state index is 14.2. The third kappa shape index (κ3) is 8.27. The lowest BCUT2D eigenvalue weighted by molar-refractivity contribution is -0.137. The quantitative estimate of drug-likeness (QED) is 0.194. The number of hydrogen-bond acceptors (Lipinski definition) is 6. The van der Waals surface area contributed by atoms with Crippen LogP contribution >= 0.6 is 11.6 Å². The van der Waals surface area contributed by atoms with Gasteiger partial charge in [0.25, 0.3) is 0 Å². The number of carbonyl (C=O) groups excluding carboxylic acids is 2. The Kier molecular flexibility index (Phi) is 10.9. The summed E-state index contributed by atoms with van der Waals surface area (Å²) >= 11 is 6.29. The molecular weight excluding hydrogens is 705 g/mol. The van der Waals surface area contributed by atoms with Gasteiger partial charge in [0.05, 0.1) is 27.3 Å². The lowest BCUT2D eigenvalue weighted by Gasteiger charge is -2.38. The van der Waals surface area contributed by atoms with Crippen LogP contribution in [0.15, 0.2) is 60.7 Å². The Morgan fingerprint density at radius 3 is 2.45 bits per heavy atom. The van der Waals surface area contributed by atoms with Crippen molar-refractivity contribution in [2.75, 3.05) is 70.5 Å². The number of amides is 3. The molecule has 2 saturated heterocycles. The number of fused-ring (bicyclic) bond motifs is 2. The normalized spacial score (nSPS) is 18.5. The molecule has 1 aromatic heterocycles. The van der Waals surface area contributed by atoms with Crippen LogP contribution in [0.2, 0.25) is 5.02 Å². The molecule has 7 rings (SSSR count). The Balaban J connectivity index is 1.13. The number of carbonyl (C=O) groups is 2. The molecule has 3 aliphatic rings. The van der Waals surface area contributed by atoms with Crippen molar-refractivity contribution in [1.29, 1.82) is 0 Å². The number of likely N-dealkylation sites (tertiary alicyclic amines) is 1. The number of halogens is 4. The zero-order valence-electron chi connectivity index (χ0n) is 29.9. The van der Waals surface area contributed by atoms with Gasteiger partial charge in [-0.1, -0.05) is 41.9 Å². The Morgan fingerprint density at radius 2 is 1.70 bits per heavy atom. The molecule has 1 atom stereocenters. The van der Waals surface area contributed by atoms with E-state index in [4.69, 9.17) is 22.3 Å². The zero-order chi connectivity index (χ0) is 37.3. The first-order valence-corrected chi connectivity index (χ1v) is 18.8. The number of benzene rings is 3. The summed E-state index contributed by atoms with van der Waals surface area (Å²) in [6.07, 6.45) is -2.53. The Morgan fingerprint density at radius 1 is 0.981 bits per heavy atom. The average Bonchev–Trinajstić information content (AvgIpc) is 3.42. The standard InChI is InChI=1S/C39H46ClF3N8O2/c1-47-16-18-48(19-17-47)20-21-51-34-9-5-4-8-33(34)45-37(51)28(22-26-23-30(39(41,42)43)36(44)31(40)24-26)25-35(52)49-13-11-29(12-14-49)50-15-10-27-6-2-3-7-32(27)46-38(50)53/h2-9,23-24,28-29H,10-22,25,44H2,1H3,(H,46,53)/t28-/m0/s1. The number of hydrogen-bond donors (Lipinski definition) is 2. The van der Waals surface area contributed by atoms with Crippen LogP contribution in [0.5, 0.6) is 0 Å². The maximum Gasteiger partial charge on any atom is 0.418 e. The van der Waals surface area contributed by atoms with Gasteiger partial charge in [0.15, 0.2) is 0 Å². The van der Waals surface area contributed by atoms with Gasteiger partial charge in [-0.15, -0.1) is 0 Å². The minimum Gasteiger partial charge on any atom is -0.397 e. The monoisotopic (exact) mass is 750 g/mol. The molecule has 2 fully saturated rings. The molecule has 14 heteroatoms. The van der Waals surface area contributed by atoms with Crippen LogP contribution in [0.1, 0.15) is 47.7 Å². The highest BCUT2D eigenvalue weighted by molar-refractivity contribution is 6.33. The minimum atomic E-state index is -4.69. The highest BCUT2D eigenvalue weighted by Crippen LogP contribution is 2.39. The molecule has 4 aromatic rings. The molecule has 10 nitrogen and oxygen atoms in total. The number of nitrogens with one attached hydrogen (secondary N) is 1. The smallest absolute Gasteiger partial charge is 0.397 e. The van der Waals surface area contributed by atoms with Crippen LogP contribution in [-0.4, -0.2) is 107 Å². The third-order valence-electron chi connectivity index (χ3n) is 11.1. The number of imidazole rings is 1. The van der Waals surface area contributed by atoms with Crippen molar-refractivity contribution in [3.05, 3.63) is 88.2 Å². The molecule has 53 heavy (non-hydrogen) atoms.